The van der Waals surface area contributed by atoms with E-state index in [0.29, 0.717) is 0 Å². The van der Waals surface area contributed by atoms with Gasteiger partial charge in [0.25, 0.3) is 10.0 Å². The SMILES string of the molecule is CC(C)(CCO)NS(=O)(=O)c1ccc(C(=O)O)o1. The van der Waals surface area contributed by atoms with Crippen LogP contribution in [0.2, 0.25) is 0 Å². The molecule has 0 amide bonds. The molecule has 1 heterocycles. The van der Waals surface area contributed by atoms with Crippen LogP contribution in [0.3, 0.4) is 0 Å². The zero-order valence-electron chi connectivity index (χ0n) is 10.0. The Bertz CT molecular complexity index is 530. The van der Waals surface area contributed by atoms with E-state index in [1.54, 1.807) is 13.8 Å². The van der Waals surface area contributed by atoms with Crippen molar-refractivity contribution in [1.82, 2.24) is 4.72 Å². The summed E-state index contributed by atoms with van der Waals surface area (Å²) in [6, 6.07) is 2.14. The molecule has 7 nitrogen and oxygen atoms in total. The average Bonchev–Trinajstić information content (AvgIpc) is 2.64. The van der Waals surface area contributed by atoms with Crippen molar-refractivity contribution in [3.63, 3.8) is 0 Å². The zero-order valence-corrected chi connectivity index (χ0v) is 10.8. The highest BCUT2D eigenvalue weighted by Gasteiger charge is 2.28. The first-order valence-corrected chi connectivity index (χ1v) is 6.64. The summed E-state index contributed by atoms with van der Waals surface area (Å²) in [4.78, 5) is 10.6. The minimum Gasteiger partial charge on any atom is -0.475 e. The Morgan fingerprint density at radius 1 is 1.44 bits per heavy atom. The van der Waals surface area contributed by atoms with Gasteiger partial charge >= 0.3 is 5.97 Å². The number of nitrogens with one attached hydrogen (secondary N) is 1. The van der Waals surface area contributed by atoms with Crippen LogP contribution >= 0.6 is 0 Å². The molecule has 3 N–H and O–H groups in total. The van der Waals surface area contributed by atoms with E-state index < -0.39 is 32.4 Å². The van der Waals surface area contributed by atoms with Crippen LogP contribution in [-0.2, 0) is 10.0 Å². The predicted molar refractivity (Wildman–Crippen MR) is 61.8 cm³/mol. The molecular formula is C10H15NO6S. The molecule has 1 aromatic rings. The maximum atomic E-state index is 11.9. The van der Waals surface area contributed by atoms with Gasteiger partial charge in [-0.05, 0) is 32.4 Å². The number of aliphatic hydroxyl groups excluding tert-OH is 1. The molecular weight excluding hydrogens is 262 g/mol. The van der Waals surface area contributed by atoms with E-state index in [1.807, 2.05) is 0 Å². The molecule has 0 radical (unpaired) electrons. The van der Waals surface area contributed by atoms with Crippen LogP contribution in [0.1, 0.15) is 30.8 Å². The second-order valence-electron chi connectivity index (χ2n) is 4.39. The van der Waals surface area contributed by atoms with Gasteiger partial charge < -0.3 is 14.6 Å². The molecule has 0 saturated carbocycles. The van der Waals surface area contributed by atoms with Crippen molar-refractivity contribution in [2.24, 2.45) is 0 Å². The number of aliphatic hydroxyl groups is 1. The van der Waals surface area contributed by atoms with E-state index in [0.717, 1.165) is 12.1 Å². The van der Waals surface area contributed by atoms with Gasteiger partial charge in [-0.3, -0.25) is 0 Å². The number of carboxylic acid groups (broad SMARTS) is 1. The number of aromatic carboxylic acids is 1. The topological polar surface area (TPSA) is 117 Å². The van der Waals surface area contributed by atoms with Crippen LogP contribution in [0.5, 0.6) is 0 Å². The summed E-state index contributed by atoms with van der Waals surface area (Å²) in [7, 11) is -3.94. The molecule has 1 aromatic heterocycles. The van der Waals surface area contributed by atoms with Crippen molar-refractivity contribution in [3.8, 4) is 0 Å². The number of sulfonamides is 1. The van der Waals surface area contributed by atoms with Crippen molar-refractivity contribution in [2.75, 3.05) is 6.61 Å². The Hall–Kier alpha value is -1.38. The molecule has 18 heavy (non-hydrogen) atoms. The monoisotopic (exact) mass is 277 g/mol. The molecule has 0 saturated heterocycles. The smallest absolute Gasteiger partial charge is 0.371 e. The third-order valence-electron chi connectivity index (χ3n) is 2.20. The first kappa shape index (κ1) is 14.7. The standard InChI is InChI=1S/C10H15NO6S/c1-10(2,5-6-12)11-18(15,16)8-4-3-7(17-8)9(13)14/h3-4,11-12H,5-6H2,1-2H3,(H,13,14). The maximum absolute atomic E-state index is 11.9. The van der Waals surface area contributed by atoms with E-state index in [4.69, 9.17) is 14.6 Å². The normalized spacial score (nSPS) is 12.6. The van der Waals surface area contributed by atoms with Crippen molar-refractivity contribution < 1.29 is 27.8 Å². The highest BCUT2D eigenvalue weighted by atomic mass is 32.2. The van der Waals surface area contributed by atoms with Crippen molar-refractivity contribution in [2.45, 2.75) is 30.9 Å². The molecule has 102 valence electrons. The molecule has 0 fully saturated rings. The Morgan fingerprint density at radius 2 is 2.06 bits per heavy atom. The van der Waals surface area contributed by atoms with Gasteiger partial charge in [0.15, 0.2) is 0 Å². The molecule has 0 spiro atoms. The van der Waals surface area contributed by atoms with Gasteiger partial charge in [-0.1, -0.05) is 0 Å². The van der Waals surface area contributed by atoms with Gasteiger partial charge in [-0.15, -0.1) is 0 Å². The van der Waals surface area contributed by atoms with Gasteiger partial charge in [0.05, 0.1) is 0 Å². The molecule has 8 heteroatoms. The van der Waals surface area contributed by atoms with Gasteiger partial charge in [-0.25, -0.2) is 17.9 Å². The summed E-state index contributed by atoms with van der Waals surface area (Å²) in [5.41, 5.74) is -0.857. The van der Waals surface area contributed by atoms with Crippen LogP contribution in [0.15, 0.2) is 21.6 Å². The number of hydrogen-bond acceptors (Lipinski definition) is 5. The summed E-state index contributed by atoms with van der Waals surface area (Å²) in [6.07, 6.45) is 0.221. The predicted octanol–water partition coefficient (Wildman–Crippen LogP) is 0.417. The number of furan rings is 1. The number of carbonyl (C=O) groups is 1. The highest BCUT2D eigenvalue weighted by Crippen LogP contribution is 2.18. The minimum atomic E-state index is -3.94. The van der Waals surface area contributed by atoms with E-state index >= 15 is 0 Å². The fourth-order valence-electron chi connectivity index (χ4n) is 1.32. The molecule has 0 aliphatic heterocycles. The van der Waals surface area contributed by atoms with Crippen LogP contribution in [0.4, 0.5) is 0 Å². The van der Waals surface area contributed by atoms with Crippen LogP contribution in [-0.4, -0.2) is 36.7 Å². The Morgan fingerprint density at radius 3 is 2.50 bits per heavy atom. The van der Waals surface area contributed by atoms with Gasteiger partial charge in [0.1, 0.15) is 0 Å². The van der Waals surface area contributed by atoms with E-state index in [-0.39, 0.29) is 13.0 Å². The fraction of sp³-hybridized carbons (Fsp3) is 0.500. The molecule has 0 aromatic carbocycles. The molecule has 0 atom stereocenters. The van der Waals surface area contributed by atoms with Crippen LogP contribution < -0.4 is 4.72 Å². The van der Waals surface area contributed by atoms with Crippen LogP contribution in [0, 0.1) is 0 Å². The fourth-order valence-corrected chi connectivity index (χ4v) is 2.70. The van der Waals surface area contributed by atoms with E-state index in [1.165, 1.54) is 0 Å². The van der Waals surface area contributed by atoms with E-state index in [2.05, 4.69) is 4.72 Å². The largest absolute Gasteiger partial charge is 0.475 e. The number of rotatable bonds is 6. The van der Waals surface area contributed by atoms with E-state index in [9.17, 15) is 13.2 Å². The molecule has 0 aliphatic carbocycles. The summed E-state index contributed by atoms with van der Waals surface area (Å²) in [5, 5.41) is 17.0. The first-order valence-electron chi connectivity index (χ1n) is 5.16. The first-order chi connectivity index (χ1) is 8.18. The summed E-state index contributed by atoms with van der Waals surface area (Å²) < 4.78 is 30.8. The molecule has 1 rings (SSSR count). The second-order valence-corrected chi connectivity index (χ2v) is 6.00. The molecule has 0 aliphatic rings. The molecule has 0 bridgehead atoms. The third-order valence-corrected chi connectivity index (χ3v) is 3.77. The van der Waals surface area contributed by atoms with Gasteiger partial charge in [0.2, 0.25) is 10.9 Å². The lowest BCUT2D eigenvalue weighted by atomic mass is 10.0. The molecule has 0 unspecified atom stereocenters. The third kappa shape index (κ3) is 3.56. The quantitative estimate of drug-likeness (QED) is 0.693. The Labute approximate surface area is 104 Å². The maximum Gasteiger partial charge on any atom is 0.371 e. The summed E-state index contributed by atoms with van der Waals surface area (Å²) >= 11 is 0. The minimum absolute atomic E-state index is 0.173. The Kier molecular flexibility index (Phi) is 4.15. The second kappa shape index (κ2) is 5.09. The van der Waals surface area contributed by atoms with Crippen molar-refractivity contribution >= 4 is 16.0 Å². The number of carboxylic acids is 1. The lowest BCUT2D eigenvalue weighted by Gasteiger charge is -2.24. The average molecular weight is 277 g/mol. The highest BCUT2D eigenvalue weighted by molar-refractivity contribution is 7.89. The van der Waals surface area contributed by atoms with Crippen molar-refractivity contribution in [1.29, 1.82) is 0 Å². The lowest BCUT2D eigenvalue weighted by Crippen LogP contribution is -2.43. The lowest BCUT2D eigenvalue weighted by molar-refractivity contribution is 0.0656. The zero-order chi connectivity index (χ0) is 14.0. The van der Waals surface area contributed by atoms with Gasteiger partial charge in [-0.2, -0.15) is 0 Å². The number of hydrogen-bond donors (Lipinski definition) is 3. The summed E-state index contributed by atoms with van der Waals surface area (Å²) in [5.74, 6) is -1.79. The van der Waals surface area contributed by atoms with Crippen LogP contribution in [0.25, 0.3) is 0 Å². The Balaban J connectivity index is 2.96. The van der Waals surface area contributed by atoms with Gasteiger partial charge in [0, 0.05) is 12.1 Å². The van der Waals surface area contributed by atoms with Crippen molar-refractivity contribution in [3.05, 3.63) is 17.9 Å². The summed E-state index contributed by atoms with van der Waals surface area (Å²) in [6.45, 7) is 3.03.